The molecule has 0 saturated heterocycles. The van der Waals surface area contributed by atoms with Crippen molar-refractivity contribution in [1.82, 2.24) is 0 Å². The van der Waals surface area contributed by atoms with Gasteiger partial charge in [0.2, 0.25) is 11.7 Å². The summed E-state index contributed by atoms with van der Waals surface area (Å²) in [6.45, 7) is 3.65. The van der Waals surface area contributed by atoms with E-state index in [1.54, 1.807) is 41.3 Å². The minimum Gasteiger partial charge on any atom is -0.451 e. The molecular weight excluding hydrogens is 413 g/mol. The van der Waals surface area contributed by atoms with Crippen molar-refractivity contribution in [3.05, 3.63) is 69.2 Å². The number of fused-ring (bicyclic) bond motifs is 1. The normalized spacial score (nSPS) is 14.0. The van der Waals surface area contributed by atoms with Gasteiger partial charge in [-0.05, 0) is 60.9 Å². The van der Waals surface area contributed by atoms with Gasteiger partial charge in [-0.2, -0.15) is 0 Å². The molecule has 1 heterocycles. The second-order valence-electron chi connectivity index (χ2n) is 6.71. The van der Waals surface area contributed by atoms with Gasteiger partial charge in [-0.1, -0.05) is 29.3 Å². The van der Waals surface area contributed by atoms with Crippen LogP contribution in [0.2, 0.25) is 10.0 Å². The first-order valence-corrected chi connectivity index (χ1v) is 9.81. The van der Waals surface area contributed by atoms with Crippen molar-refractivity contribution in [2.45, 2.75) is 26.4 Å². The lowest BCUT2D eigenvalue weighted by Gasteiger charge is -2.15. The van der Waals surface area contributed by atoms with Gasteiger partial charge in [0.15, 0.2) is 6.10 Å². The van der Waals surface area contributed by atoms with Crippen LogP contribution >= 0.6 is 23.2 Å². The molecule has 0 radical (unpaired) electrons. The zero-order chi connectivity index (χ0) is 21.1. The molecule has 0 aromatic heterocycles. The minimum absolute atomic E-state index is 0.0288. The Morgan fingerprint density at radius 3 is 2.55 bits per heavy atom. The smallest absolute Gasteiger partial charge is 0.331 e. The third-order valence-corrected chi connectivity index (χ3v) is 5.40. The summed E-state index contributed by atoms with van der Waals surface area (Å²) in [7, 11) is 0. The Morgan fingerprint density at radius 2 is 1.86 bits per heavy atom. The van der Waals surface area contributed by atoms with Gasteiger partial charge in [-0.15, -0.1) is 0 Å². The Hall–Kier alpha value is -2.63. The highest BCUT2D eigenvalue weighted by molar-refractivity contribution is 6.42. The summed E-state index contributed by atoms with van der Waals surface area (Å²) >= 11 is 11.8. The molecule has 2 aromatic rings. The topological polar surface area (TPSA) is 63.7 Å². The molecule has 0 spiro atoms. The van der Waals surface area contributed by atoms with Crippen LogP contribution in [0.4, 0.5) is 5.69 Å². The maximum absolute atomic E-state index is 12.6. The average molecular weight is 432 g/mol. The van der Waals surface area contributed by atoms with Crippen LogP contribution in [0.3, 0.4) is 0 Å². The molecule has 0 fully saturated rings. The van der Waals surface area contributed by atoms with Crippen LogP contribution in [-0.2, 0) is 20.7 Å². The quantitative estimate of drug-likeness (QED) is 0.389. The van der Waals surface area contributed by atoms with Gasteiger partial charge in [0.1, 0.15) is 0 Å². The zero-order valence-corrected chi connectivity index (χ0v) is 17.5. The number of nitrogens with zero attached hydrogens (tertiary/aromatic N) is 1. The predicted molar refractivity (Wildman–Crippen MR) is 114 cm³/mol. The van der Waals surface area contributed by atoms with Gasteiger partial charge in [0.05, 0.1) is 10.0 Å². The van der Waals surface area contributed by atoms with Crippen molar-refractivity contribution < 1.29 is 19.1 Å². The lowest BCUT2D eigenvalue weighted by atomic mass is 10.0. The largest absolute Gasteiger partial charge is 0.451 e. The number of ether oxygens (including phenoxy) is 1. The van der Waals surface area contributed by atoms with Crippen LogP contribution in [0, 0.1) is 0 Å². The van der Waals surface area contributed by atoms with E-state index in [1.165, 1.54) is 26.0 Å². The molecule has 5 nitrogen and oxygen atoms in total. The van der Waals surface area contributed by atoms with Gasteiger partial charge in [0, 0.05) is 30.8 Å². The SMILES string of the molecule is CC(=O)N1CCc2cc(C(=O)C(C)OC(=O)/C=C/c3ccc(Cl)c(Cl)c3)ccc21. The Bertz CT molecular complexity index is 1020. The van der Waals surface area contributed by atoms with Gasteiger partial charge < -0.3 is 9.64 Å². The number of amides is 1. The lowest BCUT2D eigenvalue weighted by Crippen LogP contribution is -2.26. The summed E-state index contributed by atoms with van der Waals surface area (Å²) in [4.78, 5) is 38.0. The molecule has 29 heavy (non-hydrogen) atoms. The van der Waals surface area contributed by atoms with Crippen LogP contribution in [-0.4, -0.2) is 30.3 Å². The van der Waals surface area contributed by atoms with Gasteiger partial charge in [-0.25, -0.2) is 4.79 Å². The van der Waals surface area contributed by atoms with Crippen molar-refractivity contribution in [2.24, 2.45) is 0 Å². The molecule has 1 unspecified atom stereocenters. The standard InChI is InChI=1S/C22H19Cl2NO4/c1-13(29-21(27)8-4-15-3-6-18(23)19(24)11-15)22(28)17-5-7-20-16(12-17)9-10-25(20)14(2)26/h3-8,11-13H,9-10H2,1-2H3/b8-4+. The molecule has 0 saturated carbocycles. The molecular formula is C22H19Cl2NO4. The summed E-state index contributed by atoms with van der Waals surface area (Å²) in [6.07, 6.45) is 2.52. The van der Waals surface area contributed by atoms with E-state index in [-0.39, 0.29) is 11.7 Å². The van der Waals surface area contributed by atoms with Crippen molar-refractivity contribution in [2.75, 3.05) is 11.4 Å². The Kier molecular flexibility index (Phi) is 6.40. The molecule has 1 atom stereocenters. The second kappa shape index (κ2) is 8.80. The minimum atomic E-state index is -0.940. The average Bonchev–Trinajstić information content (AvgIpc) is 3.11. The fraction of sp³-hybridized carbons (Fsp3) is 0.227. The highest BCUT2D eigenvalue weighted by Gasteiger charge is 2.25. The first-order valence-electron chi connectivity index (χ1n) is 9.05. The molecule has 1 aliphatic heterocycles. The fourth-order valence-electron chi connectivity index (χ4n) is 3.16. The Morgan fingerprint density at radius 1 is 1.10 bits per heavy atom. The van der Waals surface area contributed by atoms with E-state index in [2.05, 4.69) is 0 Å². The number of benzene rings is 2. The number of rotatable bonds is 5. The third kappa shape index (κ3) is 4.86. The summed E-state index contributed by atoms with van der Waals surface area (Å²) in [5, 5.41) is 0.803. The highest BCUT2D eigenvalue weighted by atomic mass is 35.5. The number of carbonyl (C=O) groups excluding carboxylic acids is 3. The molecule has 1 amide bonds. The fourth-order valence-corrected chi connectivity index (χ4v) is 3.47. The molecule has 7 heteroatoms. The van der Waals surface area contributed by atoms with Gasteiger partial charge in [0.25, 0.3) is 0 Å². The van der Waals surface area contributed by atoms with E-state index >= 15 is 0 Å². The first kappa shape index (κ1) is 21.1. The van der Waals surface area contributed by atoms with Crippen LogP contribution in [0.25, 0.3) is 6.08 Å². The van der Waals surface area contributed by atoms with Crippen molar-refractivity contribution in [3.63, 3.8) is 0 Å². The molecule has 2 aromatic carbocycles. The van der Waals surface area contributed by atoms with Crippen LogP contribution in [0.15, 0.2) is 42.5 Å². The van der Waals surface area contributed by atoms with Gasteiger partial charge in [-0.3, -0.25) is 9.59 Å². The molecule has 1 aliphatic rings. The molecule has 0 N–H and O–H groups in total. The number of carbonyl (C=O) groups is 3. The first-order chi connectivity index (χ1) is 13.8. The number of Topliss-reactive ketones (excluding diaryl/α,β-unsaturated/α-hetero) is 1. The van der Waals surface area contributed by atoms with E-state index in [0.29, 0.717) is 34.1 Å². The van der Waals surface area contributed by atoms with Crippen molar-refractivity contribution >= 4 is 52.6 Å². The molecule has 150 valence electrons. The maximum atomic E-state index is 12.6. The van der Waals surface area contributed by atoms with Crippen molar-refractivity contribution in [1.29, 1.82) is 0 Å². The summed E-state index contributed by atoms with van der Waals surface area (Å²) in [5.41, 5.74) is 2.89. The molecule has 0 bridgehead atoms. The molecule has 0 aliphatic carbocycles. The zero-order valence-electron chi connectivity index (χ0n) is 15.9. The summed E-state index contributed by atoms with van der Waals surface area (Å²) in [6, 6.07) is 10.1. The van der Waals surface area contributed by atoms with Crippen LogP contribution in [0.5, 0.6) is 0 Å². The third-order valence-electron chi connectivity index (χ3n) is 4.66. The van der Waals surface area contributed by atoms with E-state index in [9.17, 15) is 14.4 Å². The van der Waals surface area contributed by atoms with E-state index < -0.39 is 12.1 Å². The maximum Gasteiger partial charge on any atom is 0.331 e. The van der Waals surface area contributed by atoms with Crippen LogP contribution in [0.1, 0.15) is 35.3 Å². The lowest BCUT2D eigenvalue weighted by molar-refractivity contribution is -0.140. The van der Waals surface area contributed by atoms with E-state index in [1.807, 2.05) is 0 Å². The number of esters is 1. The summed E-state index contributed by atoms with van der Waals surface area (Å²) < 4.78 is 5.22. The number of ketones is 1. The second-order valence-corrected chi connectivity index (χ2v) is 7.53. The Labute approximate surface area is 178 Å². The van der Waals surface area contributed by atoms with Crippen molar-refractivity contribution in [3.8, 4) is 0 Å². The summed E-state index contributed by atoms with van der Waals surface area (Å²) in [5.74, 6) is -0.968. The highest BCUT2D eigenvalue weighted by Crippen LogP contribution is 2.29. The monoisotopic (exact) mass is 431 g/mol. The number of halogens is 2. The van der Waals surface area contributed by atoms with Gasteiger partial charge >= 0.3 is 5.97 Å². The molecule has 3 rings (SSSR count). The number of hydrogen-bond donors (Lipinski definition) is 0. The number of hydrogen-bond acceptors (Lipinski definition) is 4. The Balaban J connectivity index is 1.64. The predicted octanol–water partition coefficient (Wildman–Crippen LogP) is 4.73. The van der Waals surface area contributed by atoms with E-state index in [4.69, 9.17) is 27.9 Å². The van der Waals surface area contributed by atoms with Crippen LogP contribution < -0.4 is 4.90 Å². The van der Waals surface area contributed by atoms with E-state index in [0.717, 1.165) is 11.3 Å². The number of anilines is 1.